The van der Waals surface area contributed by atoms with E-state index in [-0.39, 0.29) is 18.4 Å². The van der Waals surface area contributed by atoms with Gasteiger partial charge in [-0.2, -0.15) is 0 Å². The van der Waals surface area contributed by atoms with E-state index in [4.69, 9.17) is 4.74 Å². The van der Waals surface area contributed by atoms with Gasteiger partial charge in [-0.1, -0.05) is 13.3 Å². The zero-order valence-electron chi connectivity index (χ0n) is 15.3. The maximum Gasteiger partial charge on any atom is 0.321 e. The molecule has 0 aromatic carbocycles. The summed E-state index contributed by atoms with van der Waals surface area (Å²) < 4.78 is 4.89. The van der Waals surface area contributed by atoms with Crippen molar-refractivity contribution in [2.75, 3.05) is 66.1 Å². The van der Waals surface area contributed by atoms with Crippen LogP contribution in [0.5, 0.6) is 0 Å². The fraction of sp³-hybridized carbons (Fsp3) is 0.812. The summed E-state index contributed by atoms with van der Waals surface area (Å²) in [5.74, 6) is -0.327. The molecule has 4 amide bonds. The van der Waals surface area contributed by atoms with E-state index in [1.54, 1.807) is 7.11 Å². The first kappa shape index (κ1) is 21.3. The fourth-order valence-electron chi connectivity index (χ4n) is 2.45. The molecule has 9 heteroatoms. The molecular formula is C16H31N5O4. The van der Waals surface area contributed by atoms with E-state index < -0.39 is 6.03 Å². The number of piperazine rings is 1. The van der Waals surface area contributed by atoms with Crippen molar-refractivity contribution < 1.29 is 19.1 Å². The second-order valence-electron chi connectivity index (χ2n) is 6.05. The molecule has 0 atom stereocenters. The lowest BCUT2D eigenvalue weighted by Crippen LogP contribution is -2.52. The highest BCUT2D eigenvalue weighted by Gasteiger charge is 2.21. The van der Waals surface area contributed by atoms with Gasteiger partial charge in [0.05, 0.1) is 19.7 Å². The molecule has 0 aromatic heterocycles. The van der Waals surface area contributed by atoms with Crippen molar-refractivity contribution in [1.82, 2.24) is 25.8 Å². The Morgan fingerprint density at radius 2 is 1.52 bits per heavy atom. The van der Waals surface area contributed by atoms with Gasteiger partial charge >= 0.3 is 6.03 Å². The van der Waals surface area contributed by atoms with E-state index in [2.05, 4.69) is 16.0 Å². The first-order chi connectivity index (χ1) is 12.0. The summed E-state index contributed by atoms with van der Waals surface area (Å²) in [5, 5.41) is 7.78. The SMILES string of the molecule is CCCCNC(=O)NC(=O)CN1CCN(CC(=O)NCCOC)CC1. The predicted octanol–water partition coefficient (Wildman–Crippen LogP) is -1.01. The third-order valence-corrected chi connectivity index (χ3v) is 3.90. The van der Waals surface area contributed by atoms with Crippen LogP contribution in [0.4, 0.5) is 4.79 Å². The number of unbranched alkanes of at least 4 members (excludes halogenated alkanes) is 1. The van der Waals surface area contributed by atoms with Crippen LogP contribution in [0.2, 0.25) is 0 Å². The number of ether oxygens (including phenoxy) is 1. The summed E-state index contributed by atoms with van der Waals surface area (Å²) >= 11 is 0. The van der Waals surface area contributed by atoms with Gasteiger partial charge in [0.15, 0.2) is 0 Å². The van der Waals surface area contributed by atoms with Gasteiger partial charge in [-0.15, -0.1) is 0 Å². The number of hydrogen-bond donors (Lipinski definition) is 3. The average molecular weight is 357 g/mol. The van der Waals surface area contributed by atoms with E-state index in [0.717, 1.165) is 12.8 Å². The molecule has 9 nitrogen and oxygen atoms in total. The fourth-order valence-corrected chi connectivity index (χ4v) is 2.45. The molecule has 0 bridgehead atoms. The van der Waals surface area contributed by atoms with Crippen molar-refractivity contribution in [3.8, 4) is 0 Å². The van der Waals surface area contributed by atoms with Crippen LogP contribution in [0.25, 0.3) is 0 Å². The molecule has 1 fully saturated rings. The van der Waals surface area contributed by atoms with E-state index in [9.17, 15) is 14.4 Å². The smallest absolute Gasteiger partial charge is 0.321 e. The third-order valence-electron chi connectivity index (χ3n) is 3.90. The van der Waals surface area contributed by atoms with Crippen LogP contribution in [-0.2, 0) is 14.3 Å². The Labute approximate surface area is 149 Å². The van der Waals surface area contributed by atoms with E-state index in [1.807, 2.05) is 16.7 Å². The van der Waals surface area contributed by atoms with Crippen LogP contribution >= 0.6 is 0 Å². The van der Waals surface area contributed by atoms with Gasteiger partial charge in [-0.05, 0) is 6.42 Å². The molecule has 25 heavy (non-hydrogen) atoms. The van der Waals surface area contributed by atoms with Gasteiger partial charge < -0.3 is 15.4 Å². The van der Waals surface area contributed by atoms with Crippen molar-refractivity contribution in [1.29, 1.82) is 0 Å². The third kappa shape index (κ3) is 10.0. The maximum absolute atomic E-state index is 11.9. The molecule has 144 valence electrons. The molecule has 1 aliphatic rings. The van der Waals surface area contributed by atoms with Gasteiger partial charge in [0.2, 0.25) is 11.8 Å². The Hall–Kier alpha value is -1.71. The van der Waals surface area contributed by atoms with Gasteiger partial charge in [-0.3, -0.25) is 24.7 Å². The molecule has 0 spiro atoms. The minimum atomic E-state index is -0.440. The largest absolute Gasteiger partial charge is 0.383 e. The molecule has 1 saturated heterocycles. The molecule has 0 aliphatic carbocycles. The number of methoxy groups -OCH3 is 1. The number of rotatable bonds is 10. The second kappa shape index (κ2) is 12.6. The lowest BCUT2D eigenvalue weighted by Gasteiger charge is -2.33. The molecule has 3 N–H and O–H groups in total. The molecule has 0 aromatic rings. The van der Waals surface area contributed by atoms with E-state index >= 15 is 0 Å². The molecule has 1 heterocycles. The summed E-state index contributed by atoms with van der Waals surface area (Å²) in [6.45, 7) is 6.97. The number of amides is 4. The summed E-state index contributed by atoms with van der Waals surface area (Å²) in [6, 6.07) is -0.440. The highest BCUT2D eigenvalue weighted by Crippen LogP contribution is 2.00. The molecule has 0 radical (unpaired) electrons. The monoisotopic (exact) mass is 357 g/mol. The van der Waals surface area contributed by atoms with Crippen molar-refractivity contribution >= 4 is 17.8 Å². The lowest BCUT2D eigenvalue weighted by atomic mass is 10.3. The Morgan fingerprint density at radius 1 is 0.920 bits per heavy atom. The Morgan fingerprint density at radius 3 is 2.08 bits per heavy atom. The molecular weight excluding hydrogens is 326 g/mol. The number of carbonyl (C=O) groups excluding carboxylic acids is 3. The summed E-state index contributed by atoms with van der Waals surface area (Å²) in [7, 11) is 1.59. The normalized spacial score (nSPS) is 15.6. The summed E-state index contributed by atoms with van der Waals surface area (Å²) in [6.07, 6.45) is 1.88. The second-order valence-corrected chi connectivity index (χ2v) is 6.05. The van der Waals surface area contributed by atoms with Crippen LogP contribution in [-0.4, -0.2) is 93.7 Å². The van der Waals surface area contributed by atoms with Crippen molar-refractivity contribution in [2.24, 2.45) is 0 Å². The van der Waals surface area contributed by atoms with Crippen LogP contribution in [0.15, 0.2) is 0 Å². The zero-order valence-corrected chi connectivity index (χ0v) is 15.3. The van der Waals surface area contributed by atoms with E-state index in [0.29, 0.717) is 52.4 Å². The van der Waals surface area contributed by atoms with Crippen molar-refractivity contribution in [3.05, 3.63) is 0 Å². The number of nitrogens with zero attached hydrogens (tertiary/aromatic N) is 2. The first-order valence-corrected chi connectivity index (χ1v) is 8.83. The Balaban J connectivity index is 2.16. The molecule has 1 rings (SSSR count). The number of urea groups is 1. The summed E-state index contributed by atoms with van der Waals surface area (Å²) in [5.41, 5.74) is 0. The zero-order chi connectivity index (χ0) is 18.5. The van der Waals surface area contributed by atoms with Gasteiger partial charge in [0.1, 0.15) is 0 Å². The summed E-state index contributed by atoms with van der Waals surface area (Å²) in [4.78, 5) is 39.2. The predicted molar refractivity (Wildman–Crippen MR) is 94.2 cm³/mol. The van der Waals surface area contributed by atoms with Gasteiger partial charge in [0, 0.05) is 46.4 Å². The minimum absolute atomic E-state index is 0.0213. The number of hydrogen-bond acceptors (Lipinski definition) is 6. The van der Waals surface area contributed by atoms with Gasteiger partial charge in [0.25, 0.3) is 0 Å². The first-order valence-electron chi connectivity index (χ1n) is 8.83. The van der Waals surface area contributed by atoms with Crippen LogP contribution in [0.3, 0.4) is 0 Å². The maximum atomic E-state index is 11.9. The highest BCUT2D eigenvalue weighted by molar-refractivity contribution is 5.95. The van der Waals surface area contributed by atoms with Gasteiger partial charge in [-0.25, -0.2) is 4.79 Å². The molecule has 0 saturated carbocycles. The number of nitrogens with one attached hydrogen (secondary N) is 3. The molecule has 1 aliphatic heterocycles. The Kier molecular flexibility index (Phi) is 10.8. The minimum Gasteiger partial charge on any atom is -0.383 e. The van der Waals surface area contributed by atoms with Crippen molar-refractivity contribution in [2.45, 2.75) is 19.8 Å². The molecule has 0 unspecified atom stereocenters. The Bertz CT molecular complexity index is 425. The number of carbonyl (C=O) groups is 3. The highest BCUT2D eigenvalue weighted by atomic mass is 16.5. The van der Waals surface area contributed by atoms with Crippen LogP contribution < -0.4 is 16.0 Å². The standard InChI is InChI=1S/C16H31N5O4/c1-3-4-5-18-16(24)19-15(23)13-21-9-7-20(8-10-21)12-14(22)17-6-11-25-2/h3-13H2,1-2H3,(H,17,22)(H2,18,19,23,24). The lowest BCUT2D eigenvalue weighted by molar-refractivity contribution is -0.124. The average Bonchev–Trinajstić information content (AvgIpc) is 2.57. The van der Waals surface area contributed by atoms with Crippen LogP contribution in [0, 0.1) is 0 Å². The topological polar surface area (TPSA) is 103 Å². The van der Waals surface area contributed by atoms with Crippen molar-refractivity contribution in [3.63, 3.8) is 0 Å². The van der Waals surface area contributed by atoms with Crippen LogP contribution in [0.1, 0.15) is 19.8 Å². The quantitative estimate of drug-likeness (QED) is 0.433. The van der Waals surface area contributed by atoms with E-state index in [1.165, 1.54) is 0 Å². The number of imide groups is 1.